The summed E-state index contributed by atoms with van der Waals surface area (Å²) in [5.41, 5.74) is 3.24. The van der Waals surface area contributed by atoms with Gasteiger partial charge in [0.15, 0.2) is 4.75 Å². The van der Waals surface area contributed by atoms with Gasteiger partial charge in [-0.1, -0.05) is 0 Å². The van der Waals surface area contributed by atoms with E-state index in [4.69, 9.17) is 9.47 Å². The van der Waals surface area contributed by atoms with Crippen LogP contribution in [-0.2, 0) is 19.6 Å². The molecule has 160 valence electrons. The third-order valence-electron chi connectivity index (χ3n) is 6.20. The molecule has 0 unspecified atom stereocenters. The Labute approximate surface area is 197 Å². The largest absolute Gasteiger partial charge is 1.00 e. The van der Waals surface area contributed by atoms with E-state index in [2.05, 4.69) is 6.92 Å². The second-order valence-corrected chi connectivity index (χ2v) is 10.9. The molecule has 0 radical (unpaired) electrons. The van der Waals surface area contributed by atoms with Crippen molar-refractivity contribution in [3.63, 3.8) is 0 Å². The Hall–Kier alpha value is -0.600. The molecule has 1 rings (SSSR count). The predicted octanol–water partition coefficient (Wildman–Crippen LogP) is 1.04. The zero-order valence-corrected chi connectivity index (χ0v) is 22.7. The second kappa shape index (κ2) is 8.87. The first-order valence-corrected chi connectivity index (χ1v) is 10.6. The summed E-state index contributed by atoms with van der Waals surface area (Å²) >= 11 is 0. The van der Waals surface area contributed by atoms with Crippen molar-refractivity contribution in [1.29, 1.82) is 0 Å². The quantitative estimate of drug-likeness (QED) is 0.376. The van der Waals surface area contributed by atoms with Gasteiger partial charge in [-0.3, -0.25) is 4.79 Å². The topological polar surface area (TPSA) is 92.7 Å². The molecule has 0 aliphatic carbocycles. The molecule has 0 aromatic heterocycles. The Kier molecular flexibility index (Phi) is 8.69. The first-order chi connectivity index (χ1) is 12.3. The zero-order chi connectivity index (χ0) is 22.5. The summed E-state index contributed by atoms with van der Waals surface area (Å²) < 4.78 is 43.9. The van der Waals surface area contributed by atoms with E-state index in [1.165, 1.54) is 5.56 Å². The van der Waals surface area contributed by atoms with Gasteiger partial charge in [-0.05, 0) is 104 Å². The Balaban J connectivity index is 0.00000784. The van der Waals surface area contributed by atoms with E-state index < -0.39 is 32.0 Å². The van der Waals surface area contributed by atoms with Gasteiger partial charge in [0.05, 0.1) is 0 Å². The Morgan fingerprint density at radius 3 is 1.45 bits per heavy atom. The van der Waals surface area contributed by atoms with Gasteiger partial charge in [0, 0.05) is 0 Å². The average molecular weight is 437 g/mol. The Morgan fingerprint density at radius 1 is 0.759 bits per heavy atom. The van der Waals surface area contributed by atoms with E-state index in [-0.39, 0.29) is 29.6 Å². The molecule has 0 aliphatic rings. The van der Waals surface area contributed by atoms with E-state index in [1.54, 1.807) is 27.7 Å². The first kappa shape index (κ1) is 28.4. The van der Waals surface area contributed by atoms with Crippen LogP contribution in [-0.4, -0.2) is 34.9 Å². The van der Waals surface area contributed by atoms with Crippen molar-refractivity contribution in [2.24, 2.45) is 0 Å². The number of carbonyl (C=O) groups excluding carboxylic acids is 1. The molecule has 0 heterocycles. The Bertz CT molecular complexity index is 869. The van der Waals surface area contributed by atoms with Crippen LogP contribution in [0.4, 0.5) is 0 Å². The molecule has 6 nitrogen and oxygen atoms in total. The van der Waals surface area contributed by atoms with Crippen molar-refractivity contribution in [2.45, 2.75) is 92.1 Å². The number of ether oxygens (including phenoxy) is 2. The summed E-state index contributed by atoms with van der Waals surface area (Å²) in [6.07, 6.45) is 0. The van der Waals surface area contributed by atoms with Crippen LogP contribution in [0, 0.1) is 34.6 Å². The maximum Gasteiger partial charge on any atom is 1.00 e. The molecule has 0 N–H and O–H groups in total. The number of benzene rings is 1. The summed E-state index contributed by atoms with van der Waals surface area (Å²) in [6.45, 7) is 19.0. The minimum atomic E-state index is -4.87. The van der Waals surface area contributed by atoms with Crippen molar-refractivity contribution >= 4 is 16.1 Å². The number of rotatable bonds is 6. The van der Waals surface area contributed by atoms with Crippen molar-refractivity contribution < 1.29 is 56.8 Å². The summed E-state index contributed by atoms with van der Waals surface area (Å²) in [5.74, 6) is -0.390. The smallest absolute Gasteiger partial charge is 0.747 e. The molecular formula is C21H33NaO6S. The molecule has 0 bridgehead atoms. The number of carbonyl (C=O) groups is 1. The van der Waals surface area contributed by atoms with Crippen LogP contribution < -0.4 is 34.3 Å². The van der Waals surface area contributed by atoms with Crippen LogP contribution in [0.15, 0.2) is 0 Å². The van der Waals surface area contributed by atoms with Gasteiger partial charge >= 0.3 is 35.5 Å². The van der Waals surface area contributed by atoms with Gasteiger partial charge in [0.1, 0.15) is 27.1 Å². The number of hydrogen-bond donors (Lipinski definition) is 0. The zero-order valence-electron chi connectivity index (χ0n) is 19.9. The molecule has 0 saturated heterocycles. The fraction of sp³-hybridized carbons (Fsp3) is 0.667. The van der Waals surface area contributed by atoms with E-state index >= 15 is 0 Å². The molecule has 0 atom stereocenters. The molecule has 0 amide bonds. The molecule has 1 aromatic carbocycles. The first-order valence-electron chi connectivity index (χ1n) is 9.22. The van der Waals surface area contributed by atoms with Gasteiger partial charge in [-0.25, -0.2) is 8.42 Å². The van der Waals surface area contributed by atoms with Crippen LogP contribution in [0.3, 0.4) is 0 Å². The molecule has 8 heteroatoms. The van der Waals surface area contributed by atoms with Crippen molar-refractivity contribution in [2.75, 3.05) is 0 Å². The van der Waals surface area contributed by atoms with Crippen LogP contribution in [0.2, 0.25) is 0 Å². The maximum absolute atomic E-state index is 12.5. The van der Waals surface area contributed by atoms with Crippen LogP contribution in [0.5, 0.6) is 5.75 Å². The summed E-state index contributed by atoms with van der Waals surface area (Å²) in [4.78, 5) is 12.5. The van der Waals surface area contributed by atoms with Crippen molar-refractivity contribution in [3.8, 4) is 5.75 Å². The Morgan fingerprint density at radius 2 is 1.10 bits per heavy atom. The van der Waals surface area contributed by atoms with Gasteiger partial charge in [0.25, 0.3) is 0 Å². The van der Waals surface area contributed by atoms with Gasteiger partial charge < -0.3 is 14.0 Å². The van der Waals surface area contributed by atoms with Crippen LogP contribution >= 0.6 is 0 Å². The van der Waals surface area contributed by atoms with E-state index in [9.17, 15) is 17.8 Å². The molecule has 0 fully saturated rings. The summed E-state index contributed by atoms with van der Waals surface area (Å²) in [7, 11) is -4.87. The normalized spacial score (nSPS) is 13.0. The minimum absolute atomic E-state index is 0. The fourth-order valence-electron chi connectivity index (χ4n) is 2.58. The minimum Gasteiger partial charge on any atom is -0.747 e. The second-order valence-electron chi connectivity index (χ2n) is 8.93. The molecule has 0 spiro atoms. The molecule has 0 saturated carbocycles. The number of esters is 1. The number of hydrogen-bond acceptors (Lipinski definition) is 6. The van der Waals surface area contributed by atoms with Gasteiger partial charge in [0.2, 0.25) is 0 Å². The van der Waals surface area contributed by atoms with Crippen molar-refractivity contribution in [1.82, 2.24) is 0 Å². The average Bonchev–Trinajstić information content (AvgIpc) is 2.53. The van der Waals surface area contributed by atoms with Crippen molar-refractivity contribution in [3.05, 3.63) is 27.8 Å². The van der Waals surface area contributed by atoms with E-state index in [0.29, 0.717) is 5.75 Å². The standard InChI is InChI=1S/C21H34O6S.Na/c1-12-13(2)15(4)17(16(5)14(12)3)26-20(8,9)21(10,11)27-18(22)19(6,7)28(23,24)25;/h1-11H3,(H,23,24,25);/q;+1/p-1. The fourth-order valence-corrected chi connectivity index (χ4v) is 2.82. The third-order valence-corrected chi connectivity index (χ3v) is 7.62. The summed E-state index contributed by atoms with van der Waals surface area (Å²) in [6, 6.07) is 0. The third kappa shape index (κ3) is 5.37. The maximum atomic E-state index is 12.5. The molecule has 0 aliphatic heterocycles. The summed E-state index contributed by atoms with van der Waals surface area (Å²) in [5, 5.41) is 0. The predicted molar refractivity (Wildman–Crippen MR) is 109 cm³/mol. The van der Waals surface area contributed by atoms with Gasteiger partial charge in [-0.15, -0.1) is 0 Å². The van der Waals surface area contributed by atoms with Gasteiger partial charge in [-0.2, -0.15) is 0 Å². The van der Waals surface area contributed by atoms with E-state index in [0.717, 1.165) is 36.1 Å². The SMILES string of the molecule is Cc1c(C)c(C)c(OC(C)(C)C(C)(C)OC(=O)C(C)(C)S(=O)(=O)[O-])c(C)c1C.[Na+]. The molecule has 1 aromatic rings. The van der Waals surface area contributed by atoms with E-state index in [1.807, 2.05) is 27.7 Å². The molecular weight excluding hydrogens is 403 g/mol. The monoisotopic (exact) mass is 436 g/mol. The molecule has 29 heavy (non-hydrogen) atoms. The van der Waals surface area contributed by atoms with Crippen LogP contribution in [0.25, 0.3) is 0 Å². The van der Waals surface area contributed by atoms with Crippen LogP contribution in [0.1, 0.15) is 69.4 Å².